The van der Waals surface area contributed by atoms with Gasteiger partial charge in [-0.15, -0.1) is 0 Å². The lowest BCUT2D eigenvalue weighted by Crippen LogP contribution is -2.34. The van der Waals surface area contributed by atoms with E-state index in [1.54, 1.807) is 19.1 Å². The number of rotatable bonds is 10. The summed E-state index contributed by atoms with van der Waals surface area (Å²) < 4.78 is 49.8. The van der Waals surface area contributed by atoms with Crippen LogP contribution in [0.25, 0.3) is 11.0 Å². The molecular weight excluding hydrogens is 583 g/mol. The molecule has 0 saturated heterocycles. The maximum atomic E-state index is 13.7. The van der Waals surface area contributed by atoms with Crippen LogP contribution in [0.2, 0.25) is 0 Å². The smallest absolute Gasteiger partial charge is 0.417 e. The van der Waals surface area contributed by atoms with Gasteiger partial charge in [0.25, 0.3) is 5.91 Å². The van der Waals surface area contributed by atoms with Gasteiger partial charge >= 0.3 is 6.18 Å². The number of aryl methyl sites for hydroxylation is 1. The highest BCUT2D eigenvalue weighted by Crippen LogP contribution is 2.35. The molecule has 1 aromatic carbocycles. The largest absolute Gasteiger partial charge is 0.497 e. The highest BCUT2D eigenvalue weighted by molar-refractivity contribution is 5.98. The van der Waals surface area contributed by atoms with Crippen LogP contribution in [0, 0.1) is 5.92 Å². The van der Waals surface area contributed by atoms with Gasteiger partial charge in [-0.25, -0.2) is 9.97 Å². The number of halogens is 3. The molecule has 0 radical (unpaired) electrons. The SMILES string of the molecule is CC.COc1ccc(CNc2nc3ncc(C(=O)N(Cc4ccc(C(F)(F)F)cn4)CC(C)C)cc3c3c2CCC3)c(OC)c1. The maximum Gasteiger partial charge on any atom is 0.417 e. The molecule has 0 atom stereocenters. The number of amides is 1. The highest BCUT2D eigenvalue weighted by Gasteiger charge is 2.31. The molecule has 0 bridgehead atoms. The fraction of sp³-hybridized carbons (Fsp3) is 0.412. The number of pyridine rings is 3. The number of nitrogens with one attached hydrogen (secondary N) is 1. The second-order valence-electron chi connectivity index (χ2n) is 11.0. The Labute approximate surface area is 262 Å². The minimum Gasteiger partial charge on any atom is -0.497 e. The number of ether oxygens (including phenoxy) is 2. The average molecular weight is 624 g/mol. The molecule has 240 valence electrons. The molecule has 0 saturated carbocycles. The molecule has 1 aliphatic carbocycles. The number of alkyl halides is 3. The van der Waals surface area contributed by atoms with E-state index < -0.39 is 11.7 Å². The Balaban J connectivity index is 0.00000226. The molecular formula is C34H40F3N5O3. The molecule has 4 aromatic rings. The molecule has 1 aliphatic rings. The van der Waals surface area contributed by atoms with Crippen LogP contribution in [-0.4, -0.2) is 46.5 Å². The second-order valence-corrected chi connectivity index (χ2v) is 11.0. The topological polar surface area (TPSA) is 89.5 Å². The van der Waals surface area contributed by atoms with Crippen LogP contribution in [0.5, 0.6) is 11.5 Å². The normalized spacial score (nSPS) is 12.4. The number of carbonyl (C=O) groups excluding carboxylic acids is 1. The van der Waals surface area contributed by atoms with Gasteiger partial charge in [0.2, 0.25) is 0 Å². The van der Waals surface area contributed by atoms with Gasteiger partial charge < -0.3 is 19.7 Å². The van der Waals surface area contributed by atoms with Crippen molar-refractivity contribution in [1.29, 1.82) is 0 Å². The van der Waals surface area contributed by atoms with Crippen LogP contribution >= 0.6 is 0 Å². The molecule has 11 heteroatoms. The fourth-order valence-corrected chi connectivity index (χ4v) is 5.41. The Kier molecular flexibility index (Phi) is 10.8. The van der Waals surface area contributed by atoms with E-state index in [9.17, 15) is 18.0 Å². The summed E-state index contributed by atoms with van der Waals surface area (Å²) >= 11 is 0. The van der Waals surface area contributed by atoms with E-state index >= 15 is 0 Å². The molecule has 3 heterocycles. The van der Waals surface area contributed by atoms with Crippen molar-refractivity contribution in [2.45, 2.75) is 66.2 Å². The first kappa shape index (κ1) is 33.5. The van der Waals surface area contributed by atoms with Gasteiger partial charge in [-0.3, -0.25) is 9.78 Å². The number of fused-ring (bicyclic) bond motifs is 3. The van der Waals surface area contributed by atoms with Crippen molar-refractivity contribution in [3.63, 3.8) is 0 Å². The monoisotopic (exact) mass is 623 g/mol. The summed E-state index contributed by atoms with van der Waals surface area (Å²) in [7, 11) is 3.23. The summed E-state index contributed by atoms with van der Waals surface area (Å²) in [4.78, 5) is 28.7. The summed E-state index contributed by atoms with van der Waals surface area (Å²) in [5, 5.41) is 4.30. The predicted octanol–water partition coefficient (Wildman–Crippen LogP) is 7.49. The lowest BCUT2D eigenvalue weighted by Gasteiger charge is -2.24. The number of carbonyl (C=O) groups is 1. The highest BCUT2D eigenvalue weighted by atomic mass is 19.4. The first-order valence-corrected chi connectivity index (χ1v) is 15.1. The molecule has 0 aliphatic heterocycles. The van der Waals surface area contributed by atoms with Crippen molar-refractivity contribution in [3.05, 3.63) is 82.3 Å². The van der Waals surface area contributed by atoms with E-state index in [0.717, 1.165) is 59.4 Å². The van der Waals surface area contributed by atoms with Crippen molar-refractivity contribution in [1.82, 2.24) is 19.9 Å². The van der Waals surface area contributed by atoms with E-state index in [1.807, 2.05) is 52.0 Å². The zero-order valence-corrected chi connectivity index (χ0v) is 26.6. The molecule has 45 heavy (non-hydrogen) atoms. The minimum absolute atomic E-state index is 0.0845. The second kappa shape index (κ2) is 14.6. The minimum atomic E-state index is -4.47. The standard InChI is InChI=1S/C32H34F3N5O3.C2H6/c1-19(2)17-40(18-23-10-9-22(16-36-23)32(33,34)35)31(41)21-12-27-25-6-5-7-26(25)29(39-30(27)38-15-21)37-14-20-8-11-24(42-3)13-28(20)43-4;1-2/h8-13,15-16,19H,5-7,14,17-18H2,1-4H3,(H,37,38,39);1-2H3. The van der Waals surface area contributed by atoms with E-state index in [-0.39, 0.29) is 18.4 Å². The maximum absolute atomic E-state index is 13.7. The van der Waals surface area contributed by atoms with Gasteiger partial charge in [0.05, 0.1) is 37.6 Å². The lowest BCUT2D eigenvalue weighted by molar-refractivity contribution is -0.137. The van der Waals surface area contributed by atoms with E-state index in [0.29, 0.717) is 41.5 Å². The number of benzene rings is 1. The van der Waals surface area contributed by atoms with E-state index in [4.69, 9.17) is 14.5 Å². The molecule has 0 spiro atoms. The first-order valence-electron chi connectivity index (χ1n) is 15.1. The van der Waals surface area contributed by atoms with Crippen molar-refractivity contribution in [2.75, 3.05) is 26.1 Å². The van der Waals surface area contributed by atoms with E-state index in [2.05, 4.69) is 15.3 Å². The van der Waals surface area contributed by atoms with Gasteiger partial charge in [0.1, 0.15) is 17.3 Å². The predicted molar refractivity (Wildman–Crippen MR) is 169 cm³/mol. The van der Waals surface area contributed by atoms with Crippen LogP contribution < -0.4 is 14.8 Å². The number of hydrogen-bond donors (Lipinski definition) is 1. The molecule has 5 rings (SSSR count). The summed E-state index contributed by atoms with van der Waals surface area (Å²) in [6.07, 6.45) is 0.520. The first-order chi connectivity index (χ1) is 21.6. The Hall–Kier alpha value is -4.41. The Morgan fingerprint density at radius 2 is 1.76 bits per heavy atom. The summed E-state index contributed by atoms with van der Waals surface area (Å²) in [6.45, 7) is 8.95. The summed E-state index contributed by atoms with van der Waals surface area (Å²) in [5.41, 5.74) is 3.69. The summed E-state index contributed by atoms with van der Waals surface area (Å²) in [6, 6.07) is 9.81. The zero-order valence-electron chi connectivity index (χ0n) is 26.6. The van der Waals surface area contributed by atoms with Gasteiger partial charge in [0, 0.05) is 42.5 Å². The number of aromatic nitrogens is 3. The molecule has 1 N–H and O–H groups in total. The quantitative estimate of drug-likeness (QED) is 0.196. The van der Waals surface area contributed by atoms with Crippen molar-refractivity contribution in [3.8, 4) is 11.5 Å². The Morgan fingerprint density at radius 1 is 1.00 bits per heavy atom. The van der Waals surface area contributed by atoms with Crippen LogP contribution in [0.1, 0.15) is 72.4 Å². The fourth-order valence-electron chi connectivity index (χ4n) is 5.41. The molecule has 8 nitrogen and oxygen atoms in total. The number of anilines is 1. The zero-order chi connectivity index (χ0) is 32.7. The average Bonchev–Trinajstić information content (AvgIpc) is 3.54. The van der Waals surface area contributed by atoms with Crippen molar-refractivity contribution in [2.24, 2.45) is 5.92 Å². The van der Waals surface area contributed by atoms with E-state index in [1.165, 1.54) is 12.3 Å². The number of hydrogen-bond acceptors (Lipinski definition) is 7. The number of nitrogens with zero attached hydrogens (tertiary/aromatic N) is 4. The molecule has 0 unspecified atom stereocenters. The van der Waals surface area contributed by atoms with Crippen LogP contribution in [-0.2, 0) is 32.1 Å². The lowest BCUT2D eigenvalue weighted by atomic mass is 10.0. The third-order valence-electron chi connectivity index (χ3n) is 7.48. The van der Waals surface area contributed by atoms with Gasteiger partial charge in [-0.05, 0) is 66.6 Å². The third kappa shape index (κ3) is 7.82. The Bertz CT molecular complexity index is 1620. The van der Waals surface area contributed by atoms with Crippen molar-refractivity contribution < 1.29 is 27.4 Å². The summed E-state index contributed by atoms with van der Waals surface area (Å²) in [5.74, 6) is 2.06. The van der Waals surface area contributed by atoms with Crippen LogP contribution in [0.15, 0.2) is 48.8 Å². The van der Waals surface area contributed by atoms with Crippen LogP contribution in [0.4, 0.5) is 19.0 Å². The van der Waals surface area contributed by atoms with Gasteiger partial charge in [-0.2, -0.15) is 13.2 Å². The number of methoxy groups -OCH3 is 2. The molecule has 0 fully saturated rings. The molecule has 3 aromatic heterocycles. The molecule has 1 amide bonds. The third-order valence-corrected chi connectivity index (χ3v) is 7.48. The van der Waals surface area contributed by atoms with Crippen LogP contribution in [0.3, 0.4) is 0 Å². The Morgan fingerprint density at radius 3 is 2.40 bits per heavy atom. The van der Waals surface area contributed by atoms with Gasteiger partial charge in [-0.1, -0.05) is 27.7 Å². The van der Waals surface area contributed by atoms with Gasteiger partial charge in [0.15, 0.2) is 5.65 Å². The van der Waals surface area contributed by atoms with Crippen molar-refractivity contribution >= 4 is 22.8 Å².